The molecule has 4 rings (SSSR count). The quantitative estimate of drug-likeness (QED) is 0.127. The van der Waals surface area contributed by atoms with E-state index in [1.807, 2.05) is 24.3 Å². The molecule has 0 spiro atoms. The van der Waals surface area contributed by atoms with Gasteiger partial charge in [-0.25, -0.2) is 13.2 Å². The van der Waals surface area contributed by atoms with Gasteiger partial charge in [0, 0.05) is 11.1 Å². The highest BCUT2D eigenvalue weighted by atomic mass is 19.2. The van der Waals surface area contributed by atoms with Crippen LogP contribution in [0.25, 0.3) is 27.8 Å². The van der Waals surface area contributed by atoms with E-state index in [1.54, 1.807) is 30.3 Å². The SMILES string of the molecule is CCCCCCCCCCc1ccc(-c2ccc(-c3ccc(C4=CCC(CCCCCCC)CC4)c(F)c3)cc2)c(F)c1F. The molecule has 0 radical (unpaired) electrons. The molecule has 0 N–H and O–H groups in total. The second-order valence-corrected chi connectivity index (χ2v) is 13.0. The van der Waals surface area contributed by atoms with Gasteiger partial charge in [-0.05, 0) is 71.9 Å². The summed E-state index contributed by atoms with van der Waals surface area (Å²) in [5, 5.41) is 0. The molecule has 0 saturated carbocycles. The molecule has 0 amide bonds. The number of allylic oxidation sites excluding steroid dienone is 2. The Morgan fingerprint density at radius 1 is 0.591 bits per heavy atom. The van der Waals surface area contributed by atoms with E-state index in [2.05, 4.69) is 19.9 Å². The molecular formula is C41H53F3. The van der Waals surface area contributed by atoms with E-state index >= 15 is 8.78 Å². The number of rotatable bonds is 18. The Kier molecular flexibility index (Phi) is 14.1. The predicted octanol–water partition coefficient (Wildman–Crippen LogP) is 13.7. The summed E-state index contributed by atoms with van der Waals surface area (Å²) >= 11 is 0. The van der Waals surface area contributed by atoms with Crippen molar-refractivity contribution >= 4 is 5.57 Å². The van der Waals surface area contributed by atoms with Crippen LogP contribution >= 0.6 is 0 Å². The molecule has 3 heteroatoms. The minimum absolute atomic E-state index is 0.198. The first-order valence-corrected chi connectivity index (χ1v) is 17.6. The highest BCUT2D eigenvalue weighted by Crippen LogP contribution is 2.36. The maximum atomic E-state index is 15.3. The number of aryl methyl sites for hydroxylation is 1. The second-order valence-electron chi connectivity index (χ2n) is 13.0. The van der Waals surface area contributed by atoms with Gasteiger partial charge in [-0.15, -0.1) is 0 Å². The molecule has 0 nitrogen and oxygen atoms in total. The van der Waals surface area contributed by atoms with Gasteiger partial charge in [-0.2, -0.15) is 0 Å². The van der Waals surface area contributed by atoms with Crippen LogP contribution in [-0.4, -0.2) is 0 Å². The zero-order valence-corrected chi connectivity index (χ0v) is 27.2. The zero-order valence-electron chi connectivity index (χ0n) is 27.2. The summed E-state index contributed by atoms with van der Waals surface area (Å²) in [5.41, 5.74) is 4.80. The molecule has 3 aromatic carbocycles. The van der Waals surface area contributed by atoms with Crippen molar-refractivity contribution in [2.75, 3.05) is 0 Å². The van der Waals surface area contributed by atoms with E-state index < -0.39 is 11.6 Å². The lowest BCUT2D eigenvalue weighted by molar-refractivity contribution is 0.423. The van der Waals surface area contributed by atoms with Crippen LogP contribution in [0.3, 0.4) is 0 Å². The first-order chi connectivity index (χ1) is 21.5. The minimum atomic E-state index is -0.787. The average Bonchev–Trinajstić information content (AvgIpc) is 3.04. The molecule has 1 unspecified atom stereocenters. The summed E-state index contributed by atoms with van der Waals surface area (Å²) in [4.78, 5) is 0. The van der Waals surface area contributed by atoms with Gasteiger partial charge in [0.1, 0.15) is 5.82 Å². The first kappa shape index (κ1) is 34.1. The molecular weight excluding hydrogens is 549 g/mol. The Bertz CT molecular complexity index is 1320. The van der Waals surface area contributed by atoms with E-state index in [1.165, 1.54) is 70.6 Å². The van der Waals surface area contributed by atoms with Gasteiger partial charge in [0.15, 0.2) is 11.6 Å². The Labute approximate surface area is 265 Å². The fourth-order valence-electron chi connectivity index (χ4n) is 6.68. The van der Waals surface area contributed by atoms with Gasteiger partial charge < -0.3 is 0 Å². The lowest BCUT2D eigenvalue weighted by Gasteiger charge is -2.22. The van der Waals surface area contributed by atoms with Gasteiger partial charge in [-0.3, -0.25) is 0 Å². The first-order valence-electron chi connectivity index (χ1n) is 17.6. The maximum absolute atomic E-state index is 15.3. The van der Waals surface area contributed by atoms with Crippen LogP contribution in [0.15, 0.2) is 60.7 Å². The summed E-state index contributed by atoms with van der Waals surface area (Å²) in [6.07, 6.45) is 23.2. The third-order valence-corrected chi connectivity index (χ3v) is 9.54. The van der Waals surface area contributed by atoms with Gasteiger partial charge in [0.05, 0.1) is 0 Å². The van der Waals surface area contributed by atoms with Crippen molar-refractivity contribution in [2.24, 2.45) is 5.92 Å². The number of hydrogen-bond acceptors (Lipinski definition) is 0. The molecule has 238 valence electrons. The third kappa shape index (κ3) is 9.85. The average molecular weight is 603 g/mol. The van der Waals surface area contributed by atoms with E-state index in [9.17, 15) is 4.39 Å². The highest BCUT2D eigenvalue weighted by Gasteiger charge is 2.18. The van der Waals surface area contributed by atoms with Crippen molar-refractivity contribution < 1.29 is 13.2 Å². The van der Waals surface area contributed by atoms with Crippen molar-refractivity contribution in [3.8, 4) is 22.3 Å². The van der Waals surface area contributed by atoms with Crippen LogP contribution in [0.2, 0.25) is 0 Å². The predicted molar refractivity (Wildman–Crippen MR) is 182 cm³/mol. The van der Waals surface area contributed by atoms with E-state index in [-0.39, 0.29) is 11.4 Å². The van der Waals surface area contributed by atoms with Crippen LogP contribution < -0.4 is 0 Å². The van der Waals surface area contributed by atoms with Crippen molar-refractivity contribution in [1.82, 2.24) is 0 Å². The van der Waals surface area contributed by atoms with Crippen molar-refractivity contribution in [2.45, 2.75) is 129 Å². The second kappa shape index (κ2) is 18.2. The summed E-state index contributed by atoms with van der Waals surface area (Å²) in [5.74, 6) is -0.992. The van der Waals surface area contributed by atoms with E-state index in [4.69, 9.17) is 0 Å². The summed E-state index contributed by atoms with van der Waals surface area (Å²) in [6, 6.07) is 16.2. The molecule has 0 fully saturated rings. The third-order valence-electron chi connectivity index (χ3n) is 9.54. The van der Waals surface area contributed by atoms with Gasteiger partial charge in [0.25, 0.3) is 0 Å². The summed E-state index contributed by atoms with van der Waals surface area (Å²) in [7, 11) is 0. The van der Waals surface area contributed by atoms with Crippen LogP contribution in [0.1, 0.15) is 134 Å². The smallest absolute Gasteiger partial charge is 0.166 e. The van der Waals surface area contributed by atoms with Crippen LogP contribution in [-0.2, 0) is 6.42 Å². The number of unbranched alkanes of at least 4 members (excludes halogenated alkanes) is 11. The maximum Gasteiger partial charge on any atom is 0.166 e. The Morgan fingerprint density at radius 2 is 1.18 bits per heavy atom. The van der Waals surface area contributed by atoms with Crippen molar-refractivity contribution in [3.05, 3.63) is 89.3 Å². The molecule has 1 atom stereocenters. The lowest BCUT2D eigenvalue weighted by atomic mass is 9.83. The molecule has 1 aliphatic carbocycles. The Hall–Kier alpha value is -2.81. The fraction of sp³-hybridized carbons (Fsp3) is 0.512. The fourth-order valence-corrected chi connectivity index (χ4v) is 6.68. The number of halogens is 3. The Morgan fingerprint density at radius 3 is 1.82 bits per heavy atom. The van der Waals surface area contributed by atoms with Gasteiger partial charge in [0.2, 0.25) is 0 Å². The lowest BCUT2D eigenvalue weighted by Crippen LogP contribution is -2.06. The van der Waals surface area contributed by atoms with E-state index in [0.717, 1.165) is 61.1 Å². The molecule has 1 aliphatic rings. The molecule has 44 heavy (non-hydrogen) atoms. The Balaban J connectivity index is 1.32. The molecule has 0 aromatic heterocycles. The minimum Gasteiger partial charge on any atom is -0.206 e. The van der Waals surface area contributed by atoms with Gasteiger partial charge >= 0.3 is 0 Å². The molecule has 0 bridgehead atoms. The standard InChI is InChI=1S/C41H53F3/c1-3-5-7-9-10-11-13-15-17-35-26-29-38(41(44)40(35)43)34-24-22-32(23-25-34)36-27-28-37(39(42)30-36)33-20-18-31(19-21-33)16-14-12-8-6-4-2/h20,22-31H,3-19,21H2,1-2H3. The molecule has 3 aromatic rings. The largest absolute Gasteiger partial charge is 0.206 e. The van der Waals surface area contributed by atoms with Gasteiger partial charge in [-0.1, -0.05) is 152 Å². The topological polar surface area (TPSA) is 0 Å². The van der Waals surface area contributed by atoms with E-state index in [0.29, 0.717) is 23.1 Å². The van der Waals surface area contributed by atoms with Crippen molar-refractivity contribution in [3.63, 3.8) is 0 Å². The zero-order chi connectivity index (χ0) is 31.1. The molecule has 0 saturated heterocycles. The monoisotopic (exact) mass is 602 g/mol. The normalized spacial score (nSPS) is 15.0. The number of hydrogen-bond donors (Lipinski definition) is 0. The summed E-state index contributed by atoms with van der Waals surface area (Å²) < 4.78 is 45.3. The van der Waals surface area contributed by atoms with Crippen LogP contribution in [0.4, 0.5) is 13.2 Å². The molecule has 0 aliphatic heterocycles. The van der Waals surface area contributed by atoms with Crippen LogP contribution in [0, 0.1) is 23.4 Å². The summed E-state index contributed by atoms with van der Waals surface area (Å²) in [6.45, 7) is 4.47. The molecule has 0 heterocycles. The van der Waals surface area contributed by atoms with Crippen molar-refractivity contribution in [1.29, 1.82) is 0 Å². The number of benzene rings is 3. The van der Waals surface area contributed by atoms with Crippen LogP contribution in [0.5, 0.6) is 0 Å². The highest BCUT2D eigenvalue weighted by molar-refractivity contribution is 5.74.